The van der Waals surface area contributed by atoms with Crippen LogP contribution >= 0.6 is 11.8 Å². The molecule has 0 saturated heterocycles. The fourth-order valence-corrected chi connectivity index (χ4v) is 4.46. The molecule has 152 valence electrons. The van der Waals surface area contributed by atoms with Crippen LogP contribution in [0.3, 0.4) is 0 Å². The zero-order valence-electron chi connectivity index (χ0n) is 17.3. The molecule has 0 aliphatic carbocycles. The Morgan fingerprint density at radius 3 is 2.63 bits per heavy atom. The normalized spacial score (nSPS) is 11.0. The van der Waals surface area contributed by atoms with Gasteiger partial charge in [-0.05, 0) is 41.8 Å². The molecule has 0 atom stereocenters. The number of fused-ring (bicyclic) bond motifs is 1. The molecular weight excluding hydrogens is 392 g/mol. The summed E-state index contributed by atoms with van der Waals surface area (Å²) in [7, 11) is 1.64. The molecule has 0 aliphatic heterocycles. The summed E-state index contributed by atoms with van der Waals surface area (Å²) in [6, 6.07) is 21.1. The number of carbonyl (C=O) groups excluding carboxylic acids is 1. The van der Waals surface area contributed by atoms with Gasteiger partial charge in [-0.15, -0.1) is 10.2 Å². The van der Waals surface area contributed by atoms with E-state index in [0.29, 0.717) is 12.2 Å². The first kappa shape index (κ1) is 20.2. The van der Waals surface area contributed by atoms with Crippen molar-refractivity contribution in [2.75, 3.05) is 12.8 Å². The number of carbonyl (C=O) groups is 1. The molecule has 0 saturated carbocycles. The molecule has 0 radical (unpaired) electrons. The number of hydrogen-bond acceptors (Lipinski definition) is 4. The topological polar surface area (TPSA) is 59.8 Å². The number of thioether (sulfide) groups is 1. The number of aromatic nitrogens is 3. The van der Waals surface area contributed by atoms with Crippen molar-refractivity contribution >= 4 is 28.4 Å². The average Bonchev–Trinajstić information content (AvgIpc) is 3.14. The van der Waals surface area contributed by atoms with Crippen molar-refractivity contribution in [3.8, 4) is 5.69 Å². The fraction of sp³-hybridized carbons (Fsp3) is 0.208. The first-order valence-electron chi connectivity index (χ1n) is 9.89. The van der Waals surface area contributed by atoms with Gasteiger partial charge in [-0.2, -0.15) is 0 Å². The van der Waals surface area contributed by atoms with E-state index in [1.807, 2.05) is 0 Å². The van der Waals surface area contributed by atoms with Gasteiger partial charge in [0.2, 0.25) is 5.91 Å². The highest BCUT2D eigenvalue weighted by Crippen LogP contribution is 2.27. The van der Waals surface area contributed by atoms with Gasteiger partial charge >= 0.3 is 0 Å². The first-order valence-corrected chi connectivity index (χ1v) is 10.9. The van der Waals surface area contributed by atoms with Crippen molar-refractivity contribution in [2.24, 2.45) is 0 Å². The Morgan fingerprint density at radius 1 is 1.03 bits per heavy atom. The highest BCUT2D eigenvalue weighted by molar-refractivity contribution is 7.99. The predicted octanol–water partition coefficient (Wildman–Crippen LogP) is 4.47. The summed E-state index contributed by atoms with van der Waals surface area (Å²) in [6.45, 7) is 4.18. The zero-order valence-corrected chi connectivity index (χ0v) is 18.2. The van der Waals surface area contributed by atoms with Gasteiger partial charge in [-0.25, -0.2) is 0 Å². The standard InChI is InChI=1S/C24H24N4OS/c1-16-11-12-21(17(2)13-16)28-22(26-27-24(28)30-15-23(29)25-3)14-19-9-6-8-18-7-4-5-10-20(18)19/h4-13H,14-15H2,1-3H3,(H,25,29). The largest absolute Gasteiger partial charge is 0.358 e. The molecule has 1 aromatic heterocycles. The lowest BCUT2D eigenvalue weighted by molar-refractivity contribution is -0.118. The van der Waals surface area contributed by atoms with Crippen molar-refractivity contribution < 1.29 is 4.79 Å². The lowest BCUT2D eigenvalue weighted by Crippen LogP contribution is -2.20. The molecular formula is C24H24N4OS. The van der Waals surface area contributed by atoms with E-state index in [4.69, 9.17) is 0 Å². The highest BCUT2D eigenvalue weighted by atomic mass is 32.2. The fourth-order valence-electron chi connectivity index (χ4n) is 3.63. The SMILES string of the molecule is CNC(=O)CSc1nnc(Cc2cccc3ccccc23)n1-c1ccc(C)cc1C. The van der Waals surface area contributed by atoms with Crippen LogP contribution in [0.2, 0.25) is 0 Å². The molecule has 6 heteroatoms. The molecule has 1 amide bonds. The quantitative estimate of drug-likeness (QED) is 0.471. The van der Waals surface area contributed by atoms with Crippen molar-refractivity contribution in [2.45, 2.75) is 25.4 Å². The van der Waals surface area contributed by atoms with Gasteiger partial charge in [-0.1, -0.05) is 71.9 Å². The summed E-state index contributed by atoms with van der Waals surface area (Å²) in [5.41, 5.74) is 4.60. The van der Waals surface area contributed by atoms with Gasteiger partial charge in [0.25, 0.3) is 0 Å². The van der Waals surface area contributed by atoms with E-state index in [-0.39, 0.29) is 5.91 Å². The van der Waals surface area contributed by atoms with Crippen molar-refractivity contribution in [3.05, 3.63) is 83.2 Å². The molecule has 0 unspecified atom stereocenters. The second-order valence-electron chi connectivity index (χ2n) is 7.30. The third-order valence-corrected chi connectivity index (χ3v) is 6.06. The third kappa shape index (κ3) is 4.09. The number of amides is 1. The smallest absolute Gasteiger partial charge is 0.230 e. The molecule has 4 aromatic rings. The number of nitrogens with one attached hydrogen (secondary N) is 1. The van der Waals surface area contributed by atoms with Crippen LogP contribution in [-0.2, 0) is 11.2 Å². The molecule has 3 aromatic carbocycles. The van der Waals surface area contributed by atoms with Gasteiger partial charge in [0, 0.05) is 13.5 Å². The molecule has 5 nitrogen and oxygen atoms in total. The summed E-state index contributed by atoms with van der Waals surface area (Å²) < 4.78 is 2.09. The minimum absolute atomic E-state index is 0.0363. The summed E-state index contributed by atoms with van der Waals surface area (Å²) >= 11 is 1.40. The van der Waals surface area contributed by atoms with Crippen LogP contribution in [0.25, 0.3) is 16.5 Å². The molecule has 0 fully saturated rings. The van der Waals surface area contributed by atoms with Crippen LogP contribution in [0.15, 0.2) is 65.8 Å². The van der Waals surface area contributed by atoms with Crippen LogP contribution in [0.4, 0.5) is 0 Å². The van der Waals surface area contributed by atoms with E-state index in [1.165, 1.54) is 33.7 Å². The van der Waals surface area contributed by atoms with Crippen LogP contribution in [0.1, 0.15) is 22.5 Å². The van der Waals surface area contributed by atoms with Crippen molar-refractivity contribution in [1.29, 1.82) is 0 Å². The highest BCUT2D eigenvalue weighted by Gasteiger charge is 2.18. The maximum Gasteiger partial charge on any atom is 0.230 e. The first-order chi connectivity index (χ1) is 14.6. The monoisotopic (exact) mass is 416 g/mol. The van der Waals surface area contributed by atoms with Gasteiger partial charge in [-0.3, -0.25) is 9.36 Å². The lowest BCUT2D eigenvalue weighted by Gasteiger charge is -2.14. The zero-order chi connectivity index (χ0) is 21.1. The Labute approximate surface area is 180 Å². The Hall–Kier alpha value is -3.12. The van der Waals surface area contributed by atoms with Crippen molar-refractivity contribution in [1.82, 2.24) is 20.1 Å². The Morgan fingerprint density at radius 2 is 1.83 bits per heavy atom. The number of nitrogens with zero attached hydrogens (tertiary/aromatic N) is 3. The van der Waals surface area contributed by atoms with E-state index in [9.17, 15) is 4.79 Å². The molecule has 30 heavy (non-hydrogen) atoms. The molecule has 4 rings (SSSR count). The van der Waals surface area contributed by atoms with Gasteiger partial charge < -0.3 is 5.32 Å². The Balaban J connectivity index is 1.79. The molecule has 0 spiro atoms. The van der Waals surface area contributed by atoms with Gasteiger partial charge in [0.15, 0.2) is 5.16 Å². The summed E-state index contributed by atoms with van der Waals surface area (Å²) in [4.78, 5) is 11.8. The third-order valence-electron chi connectivity index (χ3n) is 5.13. The second-order valence-corrected chi connectivity index (χ2v) is 8.24. The molecule has 0 aliphatic rings. The Bertz CT molecular complexity index is 1210. The van der Waals surface area contributed by atoms with E-state index in [2.05, 4.69) is 94.6 Å². The molecule has 0 bridgehead atoms. The lowest BCUT2D eigenvalue weighted by atomic mass is 10.0. The maximum absolute atomic E-state index is 11.8. The maximum atomic E-state index is 11.8. The van der Waals surface area contributed by atoms with Crippen LogP contribution in [0, 0.1) is 13.8 Å². The van der Waals surface area contributed by atoms with E-state index in [0.717, 1.165) is 22.2 Å². The predicted molar refractivity (Wildman–Crippen MR) is 122 cm³/mol. The second kappa shape index (κ2) is 8.71. The van der Waals surface area contributed by atoms with Crippen molar-refractivity contribution in [3.63, 3.8) is 0 Å². The molecule has 1 N–H and O–H groups in total. The summed E-state index contributed by atoms with van der Waals surface area (Å²) in [5, 5.41) is 14.8. The minimum atomic E-state index is -0.0363. The van der Waals surface area contributed by atoms with E-state index < -0.39 is 0 Å². The van der Waals surface area contributed by atoms with E-state index >= 15 is 0 Å². The molecule has 1 heterocycles. The van der Waals surface area contributed by atoms with Crippen LogP contribution in [-0.4, -0.2) is 33.5 Å². The number of hydrogen-bond donors (Lipinski definition) is 1. The minimum Gasteiger partial charge on any atom is -0.358 e. The van der Waals surface area contributed by atoms with E-state index in [1.54, 1.807) is 7.05 Å². The van der Waals surface area contributed by atoms with Gasteiger partial charge in [0.05, 0.1) is 11.4 Å². The number of rotatable bonds is 6. The Kier molecular flexibility index (Phi) is 5.86. The number of aryl methyl sites for hydroxylation is 2. The van der Waals surface area contributed by atoms with Crippen LogP contribution in [0.5, 0.6) is 0 Å². The summed E-state index contributed by atoms with van der Waals surface area (Å²) in [5.74, 6) is 1.12. The summed E-state index contributed by atoms with van der Waals surface area (Å²) in [6.07, 6.45) is 0.655. The van der Waals surface area contributed by atoms with Gasteiger partial charge in [0.1, 0.15) is 5.82 Å². The van der Waals surface area contributed by atoms with Crippen LogP contribution < -0.4 is 5.32 Å². The average molecular weight is 417 g/mol. The number of benzene rings is 3.